The molecule has 0 unspecified atom stereocenters. The van der Waals surface area contributed by atoms with Gasteiger partial charge in [0.1, 0.15) is 5.58 Å². The second-order valence-corrected chi connectivity index (χ2v) is 8.23. The average molecular weight is 493 g/mol. The zero-order valence-electron chi connectivity index (χ0n) is 16.9. The van der Waals surface area contributed by atoms with Gasteiger partial charge < -0.3 is 9.73 Å². The lowest BCUT2D eigenvalue weighted by molar-refractivity contribution is -0.137. The zero-order chi connectivity index (χ0) is 23.6. The van der Waals surface area contributed by atoms with E-state index in [9.17, 15) is 18.0 Å². The number of amides is 1. The Kier molecular flexibility index (Phi) is 6.48. The van der Waals surface area contributed by atoms with Crippen molar-refractivity contribution in [3.8, 4) is 11.6 Å². The van der Waals surface area contributed by atoms with Crippen LogP contribution < -0.4 is 5.32 Å². The maximum absolute atomic E-state index is 12.9. The van der Waals surface area contributed by atoms with Crippen molar-refractivity contribution in [3.63, 3.8) is 0 Å². The van der Waals surface area contributed by atoms with E-state index in [1.165, 1.54) is 0 Å². The Morgan fingerprint density at radius 2 is 2.00 bits per heavy atom. The number of benzene rings is 2. The summed E-state index contributed by atoms with van der Waals surface area (Å²) in [5.74, 6) is 0.314. The lowest BCUT2D eigenvalue weighted by Crippen LogP contribution is -2.16. The summed E-state index contributed by atoms with van der Waals surface area (Å²) < 4.78 is 46.4. The Morgan fingerprint density at radius 3 is 2.73 bits per heavy atom. The Hall–Kier alpha value is -3.24. The van der Waals surface area contributed by atoms with Crippen molar-refractivity contribution in [2.75, 3.05) is 11.1 Å². The molecule has 1 N–H and O–H groups in total. The number of furan rings is 1. The van der Waals surface area contributed by atoms with Gasteiger partial charge in [-0.2, -0.15) is 13.2 Å². The van der Waals surface area contributed by atoms with Crippen LogP contribution in [0.2, 0.25) is 5.02 Å². The zero-order valence-corrected chi connectivity index (χ0v) is 18.5. The first-order valence-corrected chi connectivity index (χ1v) is 10.9. The minimum absolute atomic E-state index is 0.00310. The van der Waals surface area contributed by atoms with E-state index in [4.69, 9.17) is 16.0 Å². The fraction of sp³-hybridized carbons (Fsp3) is 0.136. The van der Waals surface area contributed by atoms with Gasteiger partial charge in [-0.1, -0.05) is 47.6 Å². The highest BCUT2D eigenvalue weighted by atomic mass is 35.5. The van der Waals surface area contributed by atoms with Gasteiger partial charge in [-0.3, -0.25) is 9.36 Å². The molecule has 33 heavy (non-hydrogen) atoms. The molecule has 2 heterocycles. The standard InChI is InChI=1S/C22H16ClF3N4O2S/c1-2-9-30-20(18-10-13-5-3-4-6-17(13)32-18)28-29-21(30)33-12-19(31)27-16-11-14(22(24,25)26)7-8-15(16)23/h2-8,10-11H,1,9,12H2,(H,27,31). The van der Waals surface area contributed by atoms with Crippen molar-refractivity contribution in [3.05, 3.63) is 71.8 Å². The van der Waals surface area contributed by atoms with Crippen LogP contribution in [0.5, 0.6) is 0 Å². The molecule has 0 saturated heterocycles. The summed E-state index contributed by atoms with van der Waals surface area (Å²) in [6, 6.07) is 12.1. The number of carbonyl (C=O) groups is 1. The molecule has 0 aliphatic rings. The smallest absolute Gasteiger partial charge is 0.416 e. The third kappa shape index (κ3) is 5.07. The summed E-state index contributed by atoms with van der Waals surface area (Å²) in [4.78, 5) is 12.4. The highest BCUT2D eigenvalue weighted by Gasteiger charge is 2.31. The van der Waals surface area contributed by atoms with Gasteiger partial charge in [-0.25, -0.2) is 0 Å². The van der Waals surface area contributed by atoms with E-state index in [2.05, 4.69) is 22.1 Å². The Labute approximate surface area is 195 Å². The molecular formula is C22H16ClF3N4O2S. The maximum atomic E-state index is 12.9. The summed E-state index contributed by atoms with van der Waals surface area (Å²) in [6.07, 6.45) is -2.89. The molecule has 0 radical (unpaired) electrons. The fourth-order valence-corrected chi connectivity index (χ4v) is 3.99. The molecule has 4 aromatic rings. The van der Waals surface area contributed by atoms with E-state index in [1.807, 2.05) is 30.3 Å². The number of carbonyl (C=O) groups excluding carboxylic acids is 1. The van der Waals surface area contributed by atoms with E-state index in [0.717, 1.165) is 35.3 Å². The van der Waals surface area contributed by atoms with Gasteiger partial charge in [0.2, 0.25) is 11.7 Å². The summed E-state index contributed by atoms with van der Waals surface area (Å²) >= 11 is 7.02. The van der Waals surface area contributed by atoms with Crippen molar-refractivity contribution in [2.24, 2.45) is 0 Å². The number of aromatic nitrogens is 3. The highest BCUT2D eigenvalue weighted by molar-refractivity contribution is 7.99. The minimum atomic E-state index is -4.55. The molecule has 0 atom stereocenters. The maximum Gasteiger partial charge on any atom is 0.416 e. The summed E-state index contributed by atoms with van der Waals surface area (Å²) in [5, 5.41) is 12.1. The molecule has 0 aliphatic heterocycles. The second-order valence-electron chi connectivity index (χ2n) is 6.88. The number of para-hydroxylation sites is 1. The predicted molar refractivity (Wildman–Crippen MR) is 121 cm³/mol. The van der Waals surface area contributed by atoms with Crippen LogP contribution >= 0.6 is 23.4 Å². The van der Waals surface area contributed by atoms with Crippen molar-refractivity contribution >= 4 is 45.9 Å². The van der Waals surface area contributed by atoms with Gasteiger partial charge >= 0.3 is 6.18 Å². The minimum Gasteiger partial charge on any atom is -0.453 e. The van der Waals surface area contributed by atoms with Gasteiger partial charge in [0, 0.05) is 11.9 Å². The van der Waals surface area contributed by atoms with Crippen LogP contribution in [0.25, 0.3) is 22.6 Å². The number of allylic oxidation sites excluding steroid dienone is 1. The number of halogens is 4. The highest BCUT2D eigenvalue weighted by Crippen LogP contribution is 2.34. The molecule has 6 nitrogen and oxygen atoms in total. The van der Waals surface area contributed by atoms with Crippen LogP contribution in [0.1, 0.15) is 5.56 Å². The predicted octanol–water partition coefficient (Wildman–Crippen LogP) is 6.28. The lowest BCUT2D eigenvalue weighted by Gasteiger charge is -2.11. The van der Waals surface area contributed by atoms with Gasteiger partial charge in [0.15, 0.2) is 10.9 Å². The molecule has 2 aromatic heterocycles. The number of thioether (sulfide) groups is 1. The van der Waals surface area contributed by atoms with Crippen LogP contribution in [0.3, 0.4) is 0 Å². The number of nitrogens with one attached hydrogen (secondary N) is 1. The number of alkyl halides is 3. The van der Waals surface area contributed by atoms with E-state index in [-0.39, 0.29) is 16.5 Å². The number of anilines is 1. The number of hydrogen-bond acceptors (Lipinski definition) is 5. The number of rotatable bonds is 7. The normalized spacial score (nSPS) is 11.6. The number of fused-ring (bicyclic) bond motifs is 1. The third-order valence-corrected chi connectivity index (χ3v) is 5.87. The Balaban J connectivity index is 1.51. The third-order valence-electron chi connectivity index (χ3n) is 4.57. The molecule has 11 heteroatoms. The van der Waals surface area contributed by atoms with E-state index >= 15 is 0 Å². The molecule has 0 fully saturated rings. The second kappa shape index (κ2) is 9.32. The molecule has 0 saturated carbocycles. The molecule has 0 aliphatic carbocycles. The van der Waals surface area contributed by atoms with Crippen molar-refractivity contribution in [2.45, 2.75) is 17.9 Å². The lowest BCUT2D eigenvalue weighted by atomic mass is 10.2. The van der Waals surface area contributed by atoms with Gasteiger partial charge in [0.05, 0.1) is 22.0 Å². The van der Waals surface area contributed by atoms with E-state index < -0.39 is 17.6 Å². The molecule has 0 bridgehead atoms. The van der Waals surface area contributed by atoms with E-state index in [0.29, 0.717) is 28.9 Å². The van der Waals surface area contributed by atoms with Gasteiger partial charge in [-0.15, -0.1) is 16.8 Å². The van der Waals surface area contributed by atoms with Crippen LogP contribution in [0, 0.1) is 0 Å². The van der Waals surface area contributed by atoms with Gasteiger partial charge in [-0.05, 0) is 30.3 Å². The van der Waals surface area contributed by atoms with Crippen LogP contribution in [0.4, 0.5) is 18.9 Å². The summed E-state index contributed by atoms with van der Waals surface area (Å²) in [5.41, 5.74) is -0.323. The molecule has 0 spiro atoms. The number of hydrogen-bond donors (Lipinski definition) is 1. The number of nitrogens with zero attached hydrogens (tertiary/aromatic N) is 3. The topological polar surface area (TPSA) is 73.0 Å². The summed E-state index contributed by atoms with van der Waals surface area (Å²) in [6.45, 7) is 4.10. The Bertz CT molecular complexity index is 1300. The largest absolute Gasteiger partial charge is 0.453 e. The SMILES string of the molecule is C=CCn1c(SCC(=O)Nc2cc(C(F)(F)F)ccc2Cl)nnc1-c1cc2ccccc2o1. The quantitative estimate of drug-likeness (QED) is 0.243. The Morgan fingerprint density at radius 1 is 1.21 bits per heavy atom. The van der Waals surface area contributed by atoms with E-state index in [1.54, 1.807) is 10.6 Å². The van der Waals surface area contributed by atoms with Crippen molar-refractivity contribution < 1.29 is 22.4 Å². The first kappa shape index (κ1) is 22.9. The molecule has 1 amide bonds. The summed E-state index contributed by atoms with van der Waals surface area (Å²) in [7, 11) is 0. The first-order valence-electron chi connectivity index (χ1n) is 9.58. The molecule has 4 rings (SSSR count). The molecule has 2 aromatic carbocycles. The fourth-order valence-electron chi connectivity index (χ4n) is 3.08. The molecular weight excluding hydrogens is 477 g/mol. The van der Waals surface area contributed by atoms with Gasteiger partial charge in [0.25, 0.3) is 0 Å². The van der Waals surface area contributed by atoms with Crippen LogP contribution in [-0.4, -0.2) is 26.4 Å². The van der Waals surface area contributed by atoms with Crippen LogP contribution in [0.15, 0.2) is 70.8 Å². The van der Waals surface area contributed by atoms with Crippen molar-refractivity contribution in [1.29, 1.82) is 0 Å². The average Bonchev–Trinajstić information content (AvgIpc) is 3.37. The van der Waals surface area contributed by atoms with Crippen LogP contribution in [-0.2, 0) is 17.5 Å². The first-order chi connectivity index (χ1) is 15.8. The monoisotopic (exact) mass is 492 g/mol. The van der Waals surface area contributed by atoms with Crippen molar-refractivity contribution in [1.82, 2.24) is 14.8 Å². The molecule has 170 valence electrons.